The Hall–Kier alpha value is -2.95. The second-order valence-corrected chi connectivity index (χ2v) is 5.76. The summed E-state index contributed by atoms with van der Waals surface area (Å²) in [6.07, 6.45) is 7.81. The number of nitrogens with one attached hydrogen (secondary N) is 2. The first-order chi connectivity index (χ1) is 11.3. The number of nitrogens with zero attached hydrogens (tertiary/aromatic N) is 2. The molecule has 0 bridgehead atoms. The van der Waals surface area contributed by atoms with Gasteiger partial charge in [-0.1, -0.05) is 12.1 Å². The van der Waals surface area contributed by atoms with Crippen molar-refractivity contribution in [3.8, 4) is 11.1 Å². The zero-order valence-corrected chi connectivity index (χ0v) is 12.5. The highest BCUT2D eigenvalue weighted by molar-refractivity contribution is 5.99. The zero-order valence-electron chi connectivity index (χ0n) is 12.5. The Labute approximate surface area is 133 Å². The van der Waals surface area contributed by atoms with E-state index in [1.807, 2.05) is 30.6 Å². The van der Waals surface area contributed by atoms with Gasteiger partial charge < -0.3 is 5.32 Å². The number of benzene rings is 1. The van der Waals surface area contributed by atoms with Crippen molar-refractivity contribution < 1.29 is 4.79 Å². The minimum Gasteiger partial charge on any atom is -0.326 e. The molecule has 0 saturated carbocycles. The molecule has 0 fully saturated rings. The maximum Gasteiger partial charge on any atom is 0.228 e. The highest BCUT2D eigenvalue weighted by Crippen LogP contribution is 2.29. The summed E-state index contributed by atoms with van der Waals surface area (Å²) in [5.41, 5.74) is 6.41. The normalized spacial score (nSPS) is 13.0. The van der Waals surface area contributed by atoms with Crippen molar-refractivity contribution in [3.63, 3.8) is 0 Å². The van der Waals surface area contributed by atoms with Crippen LogP contribution in [0.25, 0.3) is 11.1 Å². The van der Waals surface area contributed by atoms with Gasteiger partial charge in [-0.05, 0) is 47.7 Å². The number of pyridine rings is 1. The molecule has 23 heavy (non-hydrogen) atoms. The minimum atomic E-state index is 0.0589. The number of carbonyl (C=O) groups is 1. The van der Waals surface area contributed by atoms with Crippen LogP contribution >= 0.6 is 0 Å². The summed E-state index contributed by atoms with van der Waals surface area (Å²) >= 11 is 0. The van der Waals surface area contributed by atoms with Crippen LogP contribution in [0.15, 0.2) is 48.9 Å². The van der Waals surface area contributed by atoms with Gasteiger partial charge in [0.1, 0.15) is 0 Å². The predicted octanol–water partition coefficient (Wildman–Crippen LogP) is 2.75. The fourth-order valence-electron chi connectivity index (χ4n) is 2.88. The highest BCUT2D eigenvalue weighted by Gasteiger charge is 2.17. The van der Waals surface area contributed by atoms with E-state index in [-0.39, 0.29) is 5.91 Å². The predicted molar refractivity (Wildman–Crippen MR) is 88.0 cm³/mol. The minimum absolute atomic E-state index is 0.0589. The SMILES string of the molecule is O=C1Cc2ccc(-c3cncc(CCc4ccn[nH]4)c3)cc2N1. The maximum atomic E-state index is 11.5. The lowest BCUT2D eigenvalue weighted by Gasteiger charge is -2.07. The lowest BCUT2D eigenvalue weighted by molar-refractivity contribution is -0.115. The third-order valence-electron chi connectivity index (χ3n) is 4.10. The number of carbonyl (C=O) groups excluding carboxylic acids is 1. The van der Waals surface area contributed by atoms with Crippen LogP contribution in [0, 0.1) is 0 Å². The molecular formula is C18H16N4O. The largest absolute Gasteiger partial charge is 0.326 e. The van der Waals surface area contributed by atoms with E-state index < -0.39 is 0 Å². The first-order valence-electron chi connectivity index (χ1n) is 7.63. The summed E-state index contributed by atoms with van der Waals surface area (Å²) in [7, 11) is 0. The summed E-state index contributed by atoms with van der Waals surface area (Å²) in [4.78, 5) is 15.8. The van der Waals surface area contributed by atoms with Gasteiger partial charge in [-0.15, -0.1) is 0 Å². The van der Waals surface area contributed by atoms with Crippen LogP contribution in [-0.4, -0.2) is 21.1 Å². The molecule has 0 spiro atoms. The Balaban J connectivity index is 1.56. The molecule has 0 unspecified atom stereocenters. The topological polar surface area (TPSA) is 70.7 Å². The van der Waals surface area contributed by atoms with E-state index in [0.29, 0.717) is 6.42 Å². The maximum absolute atomic E-state index is 11.5. The molecule has 3 aromatic rings. The quantitative estimate of drug-likeness (QED) is 0.778. The number of aryl methyl sites for hydroxylation is 2. The average molecular weight is 304 g/mol. The van der Waals surface area contributed by atoms with Crippen LogP contribution in [0.5, 0.6) is 0 Å². The van der Waals surface area contributed by atoms with Gasteiger partial charge in [0.25, 0.3) is 0 Å². The van der Waals surface area contributed by atoms with Crippen molar-refractivity contribution >= 4 is 11.6 Å². The molecule has 5 nitrogen and oxygen atoms in total. The fraction of sp³-hybridized carbons (Fsp3) is 0.167. The second-order valence-electron chi connectivity index (χ2n) is 5.76. The Morgan fingerprint density at radius 3 is 2.87 bits per heavy atom. The van der Waals surface area contributed by atoms with Crippen LogP contribution in [0.1, 0.15) is 16.8 Å². The summed E-state index contributed by atoms with van der Waals surface area (Å²) in [6, 6.07) is 10.2. The number of amides is 1. The van der Waals surface area contributed by atoms with Crippen LogP contribution in [0.2, 0.25) is 0 Å². The molecule has 2 aromatic heterocycles. The molecule has 0 radical (unpaired) electrons. The van der Waals surface area contributed by atoms with Gasteiger partial charge in [-0.25, -0.2) is 0 Å². The van der Waals surface area contributed by atoms with Gasteiger partial charge in [-0.3, -0.25) is 14.9 Å². The van der Waals surface area contributed by atoms with E-state index in [4.69, 9.17) is 0 Å². The number of anilines is 1. The average Bonchev–Trinajstić information content (AvgIpc) is 3.20. The summed E-state index contributed by atoms with van der Waals surface area (Å²) in [6.45, 7) is 0. The monoisotopic (exact) mass is 304 g/mol. The molecule has 3 heterocycles. The molecule has 0 saturated heterocycles. The first kappa shape index (κ1) is 13.7. The molecule has 2 N–H and O–H groups in total. The van der Waals surface area contributed by atoms with E-state index in [9.17, 15) is 4.79 Å². The Kier molecular flexibility index (Phi) is 3.38. The lowest BCUT2D eigenvalue weighted by atomic mass is 10.0. The fourth-order valence-corrected chi connectivity index (χ4v) is 2.88. The second kappa shape index (κ2) is 5.68. The molecule has 114 valence electrons. The van der Waals surface area contributed by atoms with Gasteiger partial charge in [0, 0.05) is 35.5 Å². The van der Waals surface area contributed by atoms with E-state index in [1.54, 1.807) is 6.20 Å². The number of aromatic nitrogens is 3. The summed E-state index contributed by atoms with van der Waals surface area (Å²) in [5, 5.41) is 9.83. The van der Waals surface area contributed by atoms with Gasteiger partial charge in [0.05, 0.1) is 6.42 Å². The van der Waals surface area contributed by atoms with Crippen molar-refractivity contribution in [2.75, 3.05) is 5.32 Å². The van der Waals surface area contributed by atoms with Crippen LogP contribution < -0.4 is 5.32 Å². The summed E-state index contributed by atoms with van der Waals surface area (Å²) in [5.74, 6) is 0.0589. The standard InChI is InChI=1S/C18H16N4O/c23-18-9-14-3-2-13(8-17(14)21-18)15-7-12(10-19-11-15)1-4-16-5-6-20-22-16/h2-3,5-8,10-11H,1,4,9H2,(H,20,22)(H,21,23). The molecule has 5 heteroatoms. The molecule has 1 amide bonds. The van der Waals surface area contributed by atoms with Gasteiger partial charge >= 0.3 is 0 Å². The number of hydrogen-bond acceptors (Lipinski definition) is 3. The van der Waals surface area contributed by atoms with Crippen molar-refractivity contribution in [1.29, 1.82) is 0 Å². The Morgan fingerprint density at radius 2 is 2.00 bits per heavy atom. The van der Waals surface area contributed by atoms with Gasteiger partial charge in [0.15, 0.2) is 0 Å². The molecule has 0 atom stereocenters. The van der Waals surface area contributed by atoms with Gasteiger partial charge in [0.2, 0.25) is 5.91 Å². The summed E-state index contributed by atoms with van der Waals surface area (Å²) < 4.78 is 0. The first-order valence-corrected chi connectivity index (χ1v) is 7.63. The highest BCUT2D eigenvalue weighted by atomic mass is 16.1. The van der Waals surface area contributed by atoms with Crippen LogP contribution in [-0.2, 0) is 24.1 Å². The third-order valence-corrected chi connectivity index (χ3v) is 4.10. The van der Waals surface area contributed by atoms with Crippen molar-refractivity contribution in [3.05, 3.63) is 65.7 Å². The molecular weight excluding hydrogens is 288 g/mol. The van der Waals surface area contributed by atoms with E-state index >= 15 is 0 Å². The van der Waals surface area contributed by atoms with Crippen molar-refractivity contribution in [2.45, 2.75) is 19.3 Å². The smallest absolute Gasteiger partial charge is 0.228 e. The lowest BCUT2D eigenvalue weighted by Crippen LogP contribution is -2.03. The Morgan fingerprint density at radius 1 is 1.04 bits per heavy atom. The zero-order chi connectivity index (χ0) is 15.6. The van der Waals surface area contributed by atoms with Crippen LogP contribution in [0.3, 0.4) is 0 Å². The molecule has 1 aromatic carbocycles. The number of hydrogen-bond donors (Lipinski definition) is 2. The van der Waals surface area contributed by atoms with Crippen LogP contribution in [0.4, 0.5) is 5.69 Å². The number of fused-ring (bicyclic) bond motifs is 1. The van der Waals surface area contributed by atoms with Crippen molar-refractivity contribution in [2.24, 2.45) is 0 Å². The van der Waals surface area contributed by atoms with Crippen molar-refractivity contribution in [1.82, 2.24) is 15.2 Å². The molecule has 1 aliphatic rings. The number of H-pyrrole nitrogens is 1. The Bertz CT molecular complexity index is 855. The van der Waals surface area contributed by atoms with E-state index in [1.165, 1.54) is 5.56 Å². The number of aromatic amines is 1. The molecule has 1 aliphatic heterocycles. The van der Waals surface area contributed by atoms with E-state index in [2.05, 4.69) is 32.6 Å². The number of rotatable bonds is 4. The molecule has 0 aliphatic carbocycles. The molecule has 4 rings (SSSR count). The van der Waals surface area contributed by atoms with E-state index in [0.717, 1.165) is 40.9 Å². The third kappa shape index (κ3) is 2.85. The van der Waals surface area contributed by atoms with Gasteiger partial charge in [-0.2, -0.15) is 5.10 Å².